The second kappa shape index (κ2) is 6.53. The molecule has 0 saturated carbocycles. The van der Waals surface area contributed by atoms with E-state index in [1.807, 2.05) is 25.1 Å². The predicted molar refractivity (Wildman–Crippen MR) is 83.8 cm³/mol. The van der Waals surface area contributed by atoms with Gasteiger partial charge in [-0.3, -0.25) is 10.1 Å². The Morgan fingerprint density at radius 2 is 2.09 bits per heavy atom. The highest BCUT2D eigenvalue weighted by atomic mass is 16.5. The van der Waals surface area contributed by atoms with E-state index in [0.29, 0.717) is 17.0 Å². The Balaban J connectivity index is 2.53. The number of hydrogen-bond donors (Lipinski definition) is 4. The summed E-state index contributed by atoms with van der Waals surface area (Å²) in [6.45, 7) is 1.77. The molecule has 0 fully saturated rings. The molecule has 2 aromatic rings. The Bertz CT molecular complexity index is 804. The summed E-state index contributed by atoms with van der Waals surface area (Å²) in [6.07, 6.45) is 0. The Morgan fingerprint density at radius 3 is 2.70 bits per heavy atom. The zero-order chi connectivity index (χ0) is 17.0. The molecule has 1 aromatic carbocycles. The smallest absolute Gasteiger partial charge is 0.317 e. The lowest BCUT2D eigenvalue weighted by molar-refractivity contribution is 0.100. The van der Waals surface area contributed by atoms with E-state index in [0.717, 1.165) is 5.56 Å². The van der Waals surface area contributed by atoms with Crippen LogP contribution in [-0.2, 0) is 0 Å². The van der Waals surface area contributed by atoms with Crippen molar-refractivity contribution in [1.29, 1.82) is 5.26 Å². The van der Waals surface area contributed by atoms with E-state index < -0.39 is 11.9 Å². The Hall–Kier alpha value is -3.47. The zero-order valence-corrected chi connectivity index (χ0v) is 12.3. The van der Waals surface area contributed by atoms with E-state index in [-0.39, 0.29) is 18.0 Å². The first-order chi connectivity index (χ1) is 10.9. The number of carbonyl (C=O) groups is 2. The minimum absolute atomic E-state index is 0.0894. The molecule has 2 rings (SSSR count). The van der Waals surface area contributed by atoms with Crippen molar-refractivity contribution in [1.82, 2.24) is 4.98 Å². The summed E-state index contributed by atoms with van der Waals surface area (Å²) in [5.41, 5.74) is 12.5. The molecule has 0 aliphatic heterocycles. The number of primary amides is 2. The first-order valence-electron chi connectivity index (χ1n) is 6.62. The van der Waals surface area contributed by atoms with E-state index in [9.17, 15) is 9.59 Å². The molecule has 1 aromatic heterocycles. The Morgan fingerprint density at radius 1 is 1.35 bits per heavy atom. The van der Waals surface area contributed by atoms with Crippen molar-refractivity contribution < 1.29 is 14.3 Å². The molecule has 6 N–H and O–H groups in total. The Labute approximate surface area is 132 Å². The molecule has 1 heterocycles. The number of ether oxygens (including phenoxy) is 1. The van der Waals surface area contributed by atoms with Crippen LogP contribution in [0.25, 0.3) is 11.3 Å². The molecular weight excluding hydrogens is 298 g/mol. The number of nitrogens with zero attached hydrogens (tertiary/aromatic N) is 1. The largest absolute Gasteiger partial charge is 0.478 e. The molecule has 0 aliphatic carbocycles. The van der Waals surface area contributed by atoms with Crippen LogP contribution in [0.4, 0.5) is 10.6 Å². The van der Waals surface area contributed by atoms with Crippen LogP contribution in [0, 0.1) is 18.3 Å². The van der Waals surface area contributed by atoms with Crippen LogP contribution in [0.3, 0.4) is 0 Å². The van der Waals surface area contributed by atoms with Gasteiger partial charge >= 0.3 is 6.03 Å². The van der Waals surface area contributed by atoms with Crippen LogP contribution in [-0.4, -0.2) is 23.5 Å². The van der Waals surface area contributed by atoms with E-state index >= 15 is 0 Å². The maximum Gasteiger partial charge on any atom is 0.317 e. The maximum atomic E-state index is 11.5. The molecule has 0 spiro atoms. The number of aromatic amines is 1. The molecule has 3 amide bonds. The number of nitrogens with one attached hydrogen (secondary N) is 2. The lowest BCUT2D eigenvalue weighted by atomic mass is 10.1. The summed E-state index contributed by atoms with van der Waals surface area (Å²) < 4.78 is 5.38. The number of H-pyrrole nitrogens is 1. The van der Waals surface area contributed by atoms with E-state index in [1.165, 1.54) is 6.07 Å². The van der Waals surface area contributed by atoms with Gasteiger partial charge in [-0.1, -0.05) is 11.6 Å². The fourth-order valence-electron chi connectivity index (χ4n) is 2.11. The number of anilines is 1. The fourth-order valence-corrected chi connectivity index (χ4v) is 2.11. The molecule has 0 atom stereocenters. The number of amides is 3. The second-order valence-electron chi connectivity index (χ2n) is 4.77. The third kappa shape index (κ3) is 3.59. The van der Waals surface area contributed by atoms with Crippen molar-refractivity contribution in [2.45, 2.75) is 6.92 Å². The number of hydrogen-bond acceptors (Lipinski definition) is 4. The van der Waals surface area contributed by atoms with E-state index in [1.54, 1.807) is 6.07 Å². The molecule has 0 bridgehead atoms. The molecule has 23 heavy (non-hydrogen) atoms. The predicted octanol–water partition coefficient (Wildman–Crippen LogP) is 1.48. The summed E-state index contributed by atoms with van der Waals surface area (Å²) in [7, 11) is 0. The number of rotatable bonds is 5. The number of aryl methyl sites for hydroxylation is 1. The summed E-state index contributed by atoms with van der Waals surface area (Å²) in [5.74, 6) is -0.156. The Kier molecular flexibility index (Phi) is 4.52. The maximum absolute atomic E-state index is 11.5. The number of nitriles is 1. The van der Waals surface area contributed by atoms with Crippen LogP contribution < -0.4 is 21.5 Å². The number of carbonyl (C=O) groups excluding carboxylic acids is 2. The minimum Gasteiger partial charge on any atom is -0.478 e. The topological polar surface area (TPSA) is 147 Å². The van der Waals surface area contributed by atoms with Crippen LogP contribution >= 0.6 is 0 Å². The average molecular weight is 313 g/mol. The highest BCUT2D eigenvalue weighted by Crippen LogP contribution is 2.33. The van der Waals surface area contributed by atoms with Gasteiger partial charge in [-0.15, -0.1) is 0 Å². The molecule has 8 nitrogen and oxygen atoms in total. The van der Waals surface area contributed by atoms with Gasteiger partial charge in [0.1, 0.15) is 17.6 Å². The van der Waals surface area contributed by atoms with Crippen molar-refractivity contribution in [3.8, 4) is 23.1 Å². The number of nitrogens with two attached hydrogens (primary N) is 2. The average Bonchev–Trinajstić information content (AvgIpc) is 2.89. The monoisotopic (exact) mass is 313 g/mol. The van der Waals surface area contributed by atoms with Gasteiger partial charge in [-0.25, -0.2) is 4.79 Å². The first-order valence-corrected chi connectivity index (χ1v) is 6.62. The van der Waals surface area contributed by atoms with Gasteiger partial charge in [0.2, 0.25) is 0 Å². The highest BCUT2D eigenvalue weighted by molar-refractivity contribution is 6.03. The lowest BCUT2D eigenvalue weighted by Crippen LogP contribution is -2.22. The van der Waals surface area contributed by atoms with Gasteiger partial charge in [0.15, 0.2) is 6.61 Å². The van der Waals surface area contributed by atoms with Crippen molar-refractivity contribution >= 4 is 17.8 Å². The number of urea groups is 1. The van der Waals surface area contributed by atoms with Crippen LogP contribution in [0.5, 0.6) is 5.75 Å². The van der Waals surface area contributed by atoms with E-state index in [2.05, 4.69) is 10.3 Å². The van der Waals surface area contributed by atoms with Crippen LogP contribution in [0.15, 0.2) is 24.3 Å². The van der Waals surface area contributed by atoms with Crippen molar-refractivity contribution in [3.05, 3.63) is 35.4 Å². The van der Waals surface area contributed by atoms with Gasteiger partial charge in [-0.2, -0.15) is 5.26 Å². The van der Waals surface area contributed by atoms with Crippen molar-refractivity contribution in [2.24, 2.45) is 11.5 Å². The molecular formula is C15H15N5O3. The quantitative estimate of drug-likeness (QED) is 0.661. The molecule has 0 aliphatic rings. The van der Waals surface area contributed by atoms with Gasteiger partial charge < -0.3 is 21.2 Å². The normalized spacial score (nSPS) is 9.91. The minimum atomic E-state index is -0.828. The highest BCUT2D eigenvalue weighted by Gasteiger charge is 2.17. The second-order valence-corrected chi connectivity index (χ2v) is 4.77. The zero-order valence-electron chi connectivity index (χ0n) is 12.3. The molecule has 0 radical (unpaired) electrons. The van der Waals surface area contributed by atoms with Crippen LogP contribution in [0.1, 0.15) is 15.9 Å². The third-order valence-corrected chi connectivity index (χ3v) is 3.05. The van der Waals surface area contributed by atoms with Crippen molar-refractivity contribution in [3.63, 3.8) is 0 Å². The van der Waals surface area contributed by atoms with E-state index in [4.69, 9.17) is 21.5 Å². The van der Waals surface area contributed by atoms with Gasteiger partial charge in [0.25, 0.3) is 5.91 Å². The van der Waals surface area contributed by atoms with Gasteiger partial charge in [0.05, 0.1) is 11.3 Å². The fraction of sp³-hybridized carbons (Fsp3) is 0.133. The molecule has 118 valence electrons. The standard InChI is InChI=1S/C15H15N5O3/c1-8-2-3-12(23-5-4-16)9(6-8)11-7-10(13(17)21)14(19-11)20-15(18)22/h2-3,6-7,19H,5H2,1H3,(H2,17,21)(H3,18,20,22). The SMILES string of the molecule is Cc1ccc(OCC#N)c(-c2cc(C(N)=O)c(NC(N)=O)[nH]2)c1. The first kappa shape index (κ1) is 15.9. The van der Waals surface area contributed by atoms with Crippen LogP contribution in [0.2, 0.25) is 0 Å². The van der Waals surface area contributed by atoms with Gasteiger partial charge in [-0.05, 0) is 25.1 Å². The molecule has 0 unspecified atom stereocenters. The summed E-state index contributed by atoms with van der Waals surface area (Å²) in [6, 6.07) is 7.91. The number of aromatic nitrogens is 1. The van der Waals surface area contributed by atoms with Crippen molar-refractivity contribution in [2.75, 3.05) is 11.9 Å². The summed E-state index contributed by atoms with van der Waals surface area (Å²) in [5, 5.41) is 11.0. The third-order valence-electron chi connectivity index (χ3n) is 3.05. The molecule has 0 saturated heterocycles. The molecule has 8 heteroatoms. The van der Waals surface area contributed by atoms with Gasteiger partial charge in [0, 0.05) is 5.56 Å². The number of benzene rings is 1. The summed E-state index contributed by atoms with van der Waals surface area (Å²) in [4.78, 5) is 25.4. The summed E-state index contributed by atoms with van der Waals surface area (Å²) >= 11 is 0. The lowest BCUT2D eigenvalue weighted by Gasteiger charge is -2.09.